The minimum absolute atomic E-state index is 0.209. The van der Waals surface area contributed by atoms with Gasteiger partial charge in [-0.15, -0.1) is 0 Å². The number of pyridine rings is 1. The molecule has 1 heterocycles. The van der Waals surface area contributed by atoms with Crippen molar-refractivity contribution in [2.24, 2.45) is 0 Å². The Balaban J connectivity index is 2.24. The maximum atomic E-state index is 12.6. The van der Waals surface area contributed by atoms with Gasteiger partial charge >= 0.3 is 0 Å². The van der Waals surface area contributed by atoms with Crippen molar-refractivity contribution in [3.63, 3.8) is 0 Å². The van der Waals surface area contributed by atoms with E-state index in [4.69, 9.17) is 0 Å². The number of aryl methyl sites for hydroxylation is 3. The molecule has 2 amide bonds. The Morgan fingerprint density at radius 3 is 2.12 bits per heavy atom. The average Bonchev–Trinajstić information content (AvgIpc) is 2.49. The lowest BCUT2D eigenvalue weighted by atomic mass is 10.0. The van der Waals surface area contributed by atoms with Crippen LogP contribution in [0.3, 0.4) is 0 Å². The summed E-state index contributed by atoms with van der Waals surface area (Å²) in [6.07, 6.45) is 1.47. The Bertz CT molecular complexity index is 797. The zero-order chi connectivity index (χ0) is 18.8. The topological polar surface area (TPSA) is 71.1 Å². The van der Waals surface area contributed by atoms with Crippen LogP contribution in [-0.2, 0) is 0 Å². The van der Waals surface area contributed by atoms with Crippen molar-refractivity contribution in [1.82, 2.24) is 10.3 Å². The molecule has 0 unspecified atom stereocenters. The minimum Gasteiger partial charge on any atom is -0.347 e. The molecule has 2 N–H and O–H groups in total. The lowest BCUT2D eigenvalue weighted by Gasteiger charge is -2.20. The smallest absolute Gasteiger partial charge is 0.274 e. The van der Waals surface area contributed by atoms with E-state index in [9.17, 15) is 9.59 Å². The first kappa shape index (κ1) is 18.6. The van der Waals surface area contributed by atoms with Crippen LogP contribution in [0, 0.1) is 20.8 Å². The van der Waals surface area contributed by atoms with Gasteiger partial charge in [0.1, 0.15) is 5.69 Å². The Hall–Kier alpha value is -2.69. The monoisotopic (exact) mass is 339 g/mol. The molecule has 132 valence electrons. The maximum absolute atomic E-state index is 12.6. The molecule has 0 aliphatic heterocycles. The zero-order valence-corrected chi connectivity index (χ0v) is 15.7. The second kappa shape index (κ2) is 7.05. The summed E-state index contributed by atoms with van der Waals surface area (Å²) in [7, 11) is 0. The summed E-state index contributed by atoms with van der Waals surface area (Å²) in [5, 5.41) is 5.78. The average molecular weight is 339 g/mol. The molecule has 2 rings (SSSR count). The van der Waals surface area contributed by atoms with Crippen LogP contribution >= 0.6 is 0 Å². The van der Waals surface area contributed by atoms with Crippen LogP contribution in [0.5, 0.6) is 0 Å². The third-order valence-corrected chi connectivity index (χ3v) is 3.66. The molecule has 25 heavy (non-hydrogen) atoms. The molecule has 0 fully saturated rings. The van der Waals surface area contributed by atoms with Crippen molar-refractivity contribution in [3.8, 4) is 0 Å². The number of carbonyl (C=O) groups is 2. The highest BCUT2D eigenvalue weighted by Gasteiger charge is 2.18. The van der Waals surface area contributed by atoms with Gasteiger partial charge in [0, 0.05) is 23.0 Å². The van der Waals surface area contributed by atoms with E-state index in [0.29, 0.717) is 5.56 Å². The number of anilines is 1. The van der Waals surface area contributed by atoms with E-state index in [2.05, 4.69) is 15.6 Å². The fourth-order valence-corrected chi connectivity index (χ4v) is 2.66. The van der Waals surface area contributed by atoms with Crippen molar-refractivity contribution >= 4 is 17.5 Å². The van der Waals surface area contributed by atoms with Gasteiger partial charge in [-0.3, -0.25) is 14.6 Å². The summed E-state index contributed by atoms with van der Waals surface area (Å²) in [6.45, 7) is 11.6. The van der Waals surface area contributed by atoms with Crippen molar-refractivity contribution < 1.29 is 9.59 Å². The van der Waals surface area contributed by atoms with Crippen LogP contribution in [-0.4, -0.2) is 22.3 Å². The molecule has 1 aromatic carbocycles. The number of aromatic nitrogens is 1. The van der Waals surface area contributed by atoms with E-state index in [-0.39, 0.29) is 23.0 Å². The van der Waals surface area contributed by atoms with E-state index in [1.165, 1.54) is 12.3 Å². The molecular formula is C20H25N3O2. The molecular weight excluding hydrogens is 314 g/mol. The molecule has 1 aromatic heterocycles. The van der Waals surface area contributed by atoms with Gasteiger partial charge in [-0.1, -0.05) is 17.7 Å². The highest BCUT2D eigenvalue weighted by atomic mass is 16.2. The van der Waals surface area contributed by atoms with E-state index in [0.717, 1.165) is 22.4 Å². The summed E-state index contributed by atoms with van der Waals surface area (Å²) in [5.74, 6) is -0.563. The van der Waals surface area contributed by atoms with Gasteiger partial charge in [-0.05, 0) is 64.8 Å². The molecule has 0 radical (unpaired) electrons. The molecule has 0 bridgehead atoms. The number of benzene rings is 1. The number of nitrogens with one attached hydrogen (secondary N) is 2. The molecule has 0 saturated carbocycles. The van der Waals surface area contributed by atoms with E-state index < -0.39 is 0 Å². The Morgan fingerprint density at radius 2 is 1.56 bits per heavy atom. The summed E-state index contributed by atoms with van der Waals surface area (Å²) >= 11 is 0. The van der Waals surface area contributed by atoms with Crippen LogP contribution in [0.15, 0.2) is 30.5 Å². The number of amides is 2. The van der Waals surface area contributed by atoms with Crippen molar-refractivity contribution in [1.29, 1.82) is 0 Å². The summed E-state index contributed by atoms with van der Waals surface area (Å²) < 4.78 is 0. The van der Waals surface area contributed by atoms with Gasteiger partial charge in [0.05, 0.1) is 0 Å². The lowest BCUT2D eigenvalue weighted by molar-refractivity contribution is 0.0919. The lowest BCUT2D eigenvalue weighted by Crippen LogP contribution is -2.40. The number of nitrogens with zero attached hydrogens (tertiary/aromatic N) is 1. The zero-order valence-electron chi connectivity index (χ0n) is 15.7. The normalized spacial score (nSPS) is 11.1. The molecule has 0 atom stereocenters. The van der Waals surface area contributed by atoms with Crippen LogP contribution in [0.25, 0.3) is 0 Å². The van der Waals surface area contributed by atoms with Gasteiger partial charge in [-0.2, -0.15) is 0 Å². The molecule has 5 nitrogen and oxygen atoms in total. The highest BCUT2D eigenvalue weighted by molar-refractivity contribution is 6.05. The fraction of sp³-hybridized carbons (Fsp3) is 0.350. The summed E-state index contributed by atoms with van der Waals surface area (Å²) in [4.78, 5) is 28.9. The van der Waals surface area contributed by atoms with Gasteiger partial charge in [0.25, 0.3) is 11.8 Å². The SMILES string of the molecule is Cc1cc(C)c(NC(=O)c2cc(C(=O)NC(C)(C)C)ccn2)c(C)c1. The second-order valence-corrected chi connectivity index (χ2v) is 7.36. The van der Waals surface area contributed by atoms with Crippen molar-refractivity contribution in [2.75, 3.05) is 5.32 Å². The van der Waals surface area contributed by atoms with Crippen molar-refractivity contribution in [3.05, 3.63) is 58.4 Å². The molecule has 0 aliphatic carbocycles. The van der Waals surface area contributed by atoms with Gasteiger partial charge in [0.2, 0.25) is 0 Å². The number of rotatable bonds is 3. The Morgan fingerprint density at radius 1 is 0.960 bits per heavy atom. The quantitative estimate of drug-likeness (QED) is 0.894. The van der Waals surface area contributed by atoms with E-state index in [1.807, 2.05) is 53.7 Å². The molecule has 0 saturated heterocycles. The predicted octanol–water partition coefficient (Wildman–Crippen LogP) is 3.79. The largest absolute Gasteiger partial charge is 0.347 e. The first-order valence-electron chi connectivity index (χ1n) is 8.24. The van der Waals surface area contributed by atoms with Gasteiger partial charge < -0.3 is 10.6 Å². The van der Waals surface area contributed by atoms with Gasteiger partial charge in [0.15, 0.2) is 0 Å². The van der Waals surface area contributed by atoms with Crippen LogP contribution in [0.2, 0.25) is 0 Å². The highest BCUT2D eigenvalue weighted by Crippen LogP contribution is 2.22. The van der Waals surface area contributed by atoms with E-state index >= 15 is 0 Å². The Kier molecular flexibility index (Phi) is 5.26. The first-order valence-corrected chi connectivity index (χ1v) is 8.24. The third kappa shape index (κ3) is 4.89. The fourth-order valence-electron chi connectivity index (χ4n) is 2.66. The summed E-state index contributed by atoms with van der Waals surface area (Å²) in [5.41, 5.74) is 4.18. The minimum atomic E-state index is -0.348. The van der Waals surface area contributed by atoms with Crippen molar-refractivity contribution in [2.45, 2.75) is 47.1 Å². The maximum Gasteiger partial charge on any atom is 0.274 e. The predicted molar refractivity (Wildman–Crippen MR) is 100 cm³/mol. The Labute approximate surface area is 148 Å². The van der Waals surface area contributed by atoms with E-state index in [1.54, 1.807) is 6.07 Å². The number of hydrogen-bond donors (Lipinski definition) is 2. The number of carbonyl (C=O) groups excluding carboxylic acids is 2. The second-order valence-electron chi connectivity index (χ2n) is 7.36. The van der Waals surface area contributed by atoms with Crippen LogP contribution in [0.4, 0.5) is 5.69 Å². The summed E-state index contributed by atoms with van der Waals surface area (Å²) in [6, 6.07) is 7.14. The first-order chi connectivity index (χ1) is 11.6. The molecule has 5 heteroatoms. The van der Waals surface area contributed by atoms with Gasteiger partial charge in [-0.25, -0.2) is 0 Å². The third-order valence-electron chi connectivity index (χ3n) is 3.66. The molecule has 0 spiro atoms. The standard InChI is InChI=1S/C20H25N3O2/c1-12-9-13(2)17(14(3)10-12)22-19(25)16-11-15(7-8-21-16)18(24)23-20(4,5)6/h7-11H,1-6H3,(H,22,25)(H,23,24). The number of hydrogen-bond acceptors (Lipinski definition) is 3. The molecule has 0 aliphatic rings. The van der Waals surface area contributed by atoms with Crippen LogP contribution < -0.4 is 10.6 Å². The molecule has 2 aromatic rings. The van der Waals surface area contributed by atoms with Crippen LogP contribution in [0.1, 0.15) is 58.3 Å².